The third kappa shape index (κ3) is 11.0. The lowest BCUT2D eigenvalue weighted by atomic mass is 9.92. The second-order valence-electron chi connectivity index (χ2n) is 16.3. The quantitative estimate of drug-likeness (QED) is 0.122. The van der Waals surface area contributed by atoms with Crippen LogP contribution in [0.1, 0.15) is 88.4 Å². The number of rotatable bonds is 10. The zero-order valence-electron chi connectivity index (χ0n) is 35.9. The van der Waals surface area contributed by atoms with Crippen molar-refractivity contribution >= 4 is 47.2 Å². The van der Waals surface area contributed by atoms with Gasteiger partial charge in [-0.1, -0.05) is 71.7 Å². The van der Waals surface area contributed by atoms with E-state index in [9.17, 15) is 19.2 Å². The first-order chi connectivity index (χ1) is 30.6. The molecule has 4 aliphatic rings. The summed E-state index contributed by atoms with van der Waals surface area (Å²) >= 11 is 13.4. The summed E-state index contributed by atoms with van der Waals surface area (Å²) in [6, 6.07) is 14.4. The second-order valence-corrected chi connectivity index (χ2v) is 17.0. The van der Waals surface area contributed by atoms with E-state index in [4.69, 9.17) is 47.4 Å². The fourth-order valence-electron chi connectivity index (χ4n) is 8.84. The van der Waals surface area contributed by atoms with Crippen molar-refractivity contribution in [1.82, 2.24) is 40.4 Å². The van der Waals surface area contributed by atoms with Gasteiger partial charge in [0.05, 0.1) is 32.9 Å². The summed E-state index contributed by atoms with van der Waals surface area (Å²) in [6.07, 6.45) is 7.18. The Hall–Kier alpha value is -5.16. The van der Waals surface area contributed by atoms with Gasteiger partial charge in [0.15, 0.2) is 0 Å². The van der Waals surface area contributed by atoms with Crippen LogP contribution in [0.2, 0.25) is 10.3 Å². The van der Waals surface area contributed by atoms with Crippen molar-refractivity contribution in [3.63, 3.8) is 0 Å². The fraction of sp³-hybridized carbons (Fsp3) is 0.511. The Morgan fingerprint density at radius 1 is 0.730 bits per heavy atom. The van der Waals surface area contributed by atoms with E-state index in [1.807, 2.05) is 55.5 Å². The van der Waals surface area contributed by atoms with Crippen LogP contribution in [0.3, 0.4) is 0 Å². The van der Waals surface area contributed by atoms with Crippen LogP contribution in [0.25, 0.3) is 33.6 Å². The summed E-state index contributed by atoms with van der Waals surface area (Å²) in [4.78, 5) is 70.4. The lowest BCUT2D eigenvalue weighted by Gasteiger charge is -2.34. The van der Waals surface area contributed by atoms with Gasteiger partial charge in [0.25, 0.3) is 0 Å². The summed E-state index contributed by atoms with van der Waals surface area (Å²) in [5.74, 6) is 0.606. The number of carbonyl (C=O) groups is 4. The van der Waals surface area contributed by atoms with Crippen LogP contribution in [0.15, 0.2) is 48.5 Å². The minimum Gasteiger partial charge on any atom is -0.453 e. The number of amides is 4. The number of hydrogen-bond donors (Lipinski definition) is 4. The molecular weight excluding hydrogens is 851 g/mol. The maximum absolute atomic E-state index is 14.0. The molecule has 338 valence electrons. The summed E-state index contributed by atoms with van der Waals surface area (Å²) in [7, 11) is 2.53. The predicted octanol–water partition coefficient (Wildman–Crippen LogP) is 7.85. The van der Waals surface area contributed by atoms with E-state index in [1.165, 1.54) is 33.5 Å². The van der Waals surface area contributed by atoms with Crippen LogP contribution in [0.4, 0.5) is 9.59 Å². The summed E-state index contributed by atoms with van der Waals surface area (Å²) < 4.78 is 20.2. The van der Waals surface area contributed by atoms with Crippen LogP contribution in [0, 0.1) is 5.92 Å². The Labute approximate surface area is 377 Å². The Balaban J connectivity index is 0.000000915. The molecule has 0 spiro atoms. The van der Waals surface area contributed by atoms with E-state index in [2.05, 4.69) is 25.3 Å². The lowest BCUT2D eigenvalue weighted by molar-refractivity contribution is -0.137. The van der Waals surface area contributed by atoms with Gasteiger partial charge in [0, 0.05) is 49.5 Å². The van der Waals surface area contributed by atoms with Crippen LogP contribution in [-0.2, 0) is 28.5 Å². The number of benzene rings is 2. The normalized spacial score (nSPS) is 21.5. The molecule has 5 atom stereocenters. The number of H-pyrrole nitrogens is 2. The number of ether oxygens (including phenoxy) is 4. The van der Waals surface area contributed by atoms with Crippen molar-refractivity contribution in [2.45, 2.75) is 88.9 Å². The van der Waals surface area contributed by atoms with Gasteiger partial charge in [0.1, 0.15) is 45.9 Å². The molecule has 4 aliphatic heterocycles. The zero-order chi connectivity index (χ0) is 44.5. The highest BCUT2D eigenvalue weighted by atomic mass is 35.5. The van der Waals surface area contributed by atoms with Gasteiger partial charge in [-0.25, -0.2) is 19.6 Å². The van der Waals surface area contributed by atoms with Crippen LogP contribution in [0.5, 0.6) is 0 Å². The largest absolute Gasteiger partial charge is 0.453 e. The Morgan fingerprint density at radius 2 is 1.30 bits per heavy atom. The van der Waals surface area contributed by atoms with Gasteiger partial charge in [-0.15, -0.1) is 0 Å². The molecule has 4 amide bonds. The number of alkyl carbamates (subject to hydrolysis) is 2. The van der Waals surface area contributed by atoms with Crippen molar-refractivity contribution in [2.24, 2.45) is 5.92 Å². The van der Waals surface area contributed by atoms with E-state index >= 15 is 0 Å². The number of halogens is 2. The molecule has 4 fully saturated rings. The number of carbonyl (C=O) groups excluding carboxylic acids is 4. The highest BCUT2D eigenvalue weighted by molar-refractivity contribution is 6.32. The molecular formula is C45H56Cl2N8O8. The molecule has 0 aliphatic carbocycles. The number of nitrogens with zero attached hydrogens (tertiary/aromatic N) is 4. The average molecular weight is 908 g/mol. The SMILES string of the molecule is C1CCOCC1.COC(=O)NCC(=O)N1C(c2nc(-c3ccc(-c4ccc(-c5nc(C6CCCN6C(=O)[C@H](NC(=O)OC)C6CCCOC6)[nH]c5Cl)cc4)cc3)c(Cl)[nH]2)CC[C@H]1C. The van der Waals surface area contributed by atoms with Crippen LogP contribution in [-0.4, -0.2) is 120 Å². The molecule has 8 rings (SSSR count). The Kier molecular flexibility index (Phi) is 15.6. The highest BCUT2D eigenvalue weighted by Gasteiger charge is 2.41. The molecule has 0 saturated carbocycles. The Bertz CT molecular complexity index is 2180. The molecule has 18 heteroatoms. The number of nitrogens with one attached hydrogen (secondary N) is 4. The number of aromatic nitrogens is 4. The highest BCUT2D eigenvalue weighted by Crippen LogP contribution is 2.39. The van der Waals surface area contributed by atoms with E-state index in [1.54, 1.807) is 9.80 Å². The van der Waals surface area contributed by atoms with E-state index in [0.717, 1.165) is 61.2 Å². The van der Waals surface area contributed by atoms with Crippen LogP contribution < -0.4 is 10.6 Å². The molecule has 2 aromatic carbocycles. The van der Waals surface area contributed by atoms with Crippen LogP contribution >= 0.6 is 23.2 Å². The lowest BCUT2D eigenvalue weighted by Crippen LogP contribution is -2.53. The number of imidazole rings is 2. The first-order valence-electron chi connectivity index (χ1n) is 21.7. The number of likely N-dealkylation sites (tertiary alicyclic amines) is 2. The fourth-order valence-corrected chi connectivity index (χ4v) is 9.33. The maximum Gasteiger partial charge on any atom is 0.407 e. The molecule has 2 aromatic heterocycles. The molecule has 6 heterocycles. The molecule has 16 nitrogen and oxygen atoms in total. The number of hydrogen-bond acceptors (Lipinski definition) is 10. The summed E-state index contributed by atoms with van der Waals surface area (Å²) in [6.45, 7) is 5.35. The molecule has 4 saturated heterocycles. The van der Waals surface area contributed by atoms with E-state index in [-0.39, 0.29) is 42.4 Å². The van der Waals surface area contributed by atoms with Gasteiger partial charge >= 0.3 is 12.2 Å². The molecule has 4 N–H and O–H groups in total. The van der Waals surface area contributed by atoms with Gasteiger partial charge < -0.3 is 49.3 Å². The van der Waals surface area contributed by atoms with Crippen molar-refractivity contribution in [2.75, 3.05) is 53.7 Å². The van der Waals surface area contributed by atoms with Crippen molar-refractivity contribution in [1.29, 1.82) is 0 Å². The molecule has 3 unspecified atom stereocenters. The molecule has 0 radical (unpaired) electrons. The van der Waals surface area contributed by atoms with Gasteiger partial charge in [0.2, 0.25) is 11.8 Å². The third-order valence-electron chi connectivity index (χ3n) is 12.2. The Morgan fingerprint density at radius 3 is 1.83 bits per heavy atom. The van der Waals surface area contributed by atoms with Gasteiger partial charge in [-0.2, -0.15) is 0 Å². The number of methoxy groups -OCH3 is 2. The average Bonchev–Trinajstić information content (AvgIpc) is 4.14. The topological polar surface area (TPSA) is 193 Å². The zero-order valence-corrected chi connectivity index (χ0v) is 37.4. The van der Waals surface area contributed by atoms with Crippen molar-refractivity contribution in [3.8, 4) is 33.6 Å². The first kappa shape index (κ1) is 45.9. The summed E-state index contributed by atoms with van der Waals surface area (Å²) in [5, 5.41) is 5.97. The minimum atomic E-state index is -0.772. The molecule has 0 bridgehead atoms. The smallest absolute Gasteiger partial charge is 0.407 e. The minimum absolute atomic E-state index is 0.0300. The van der Waals surface area contributed by atoms with E-state index in [0.29, 0.717) is 65.9 Å². The molecule has 4 aromatic rings. The van der Waals surface area contributed by atoms with Gasteiger partial charge in [-0.3, -0.25) is 9.59 Å². The monoisotopic (exact) mass is 906 g/mol. The molecule has 63 heavy (non-hydrogen) atoms. The van der Waals surface area contributed by atoms with Gasteiger partial charge in [-0.05, 0) is 75.8 Å². The van der Waals surface area contributed by atoms with E-state index < -0.39 is 18.2 Å². The van der Waals surface area contributed by atoms with Crippen molar-refractivity contribution in [3.05, 3.63) is 70.5 Å². The van der Waals surface area contributed by atoms with Crippen molar-refractivity contribution < 1.29 is 38.1 Å². The summed E-state index contributed by atoms with van der Waals surface area (Å²) in [5.41, 5.74) is 4.74. The second kappa shape index (κ2) is 21.5. The third-order valence-corrected chi connectivity index (χ3v) is 12.7. The maximum atomic E-state index is 14.0. The standard InChI is InChI=1S/C40H46Cl2N8O7.C5H10O/c1-22-8-17-29(50(22)30(51)20-43-39(53)55-2)37-45-32(35(42)48-37)26-15-11-24(12-16-26)23-9-13-25(14-10-23)31-34(41)47-36(44-31)28-7-4-18-49(28)38(52)33(46-40(54)56-3)27-6-5-19-57-21-27;1-2-4-6-5-3-1/h9-16,22,27-29,33H,4-8,17-21H2,1-3H3,(H,43,53)(H,44,47)(H,45,48)(H,46,54);1-5H2/t22-,27?,28?,29?,33-;/m1./s1. The predicted molar refractivity (Wildman–Crippen MR) is 237 cm³/mol. The number of aromatic amines is 2. The first-order valence-corrected chi connectivity index (χ1v) is 22.5.